The van der Waals surface area contributed by atoms with Crippen molar-refractivity contribution in [2.75, 3.05) is 7.05 Å². The zero-order chi connectivity index (χ0) is 7.28. The van der Waals surface area contributed by atoms with Crippen molar-refractivity contribution in [3.05, 3.63) is 12.3 Å². The quantitative estimate of drug-likeness (QED) is 0.378. The van der Waals surface area contributed by atoms with Gasteiger partial charge in [0, 0.05) is 7.05 Å². The Labute approximate surface area is 52.9 Å². The number of likely N-dealkylation sites (N-methyl/N-ethyl adjacent to an activating group) is 1. The van der Waals surface area contributed by atoms with Crippen LogP contribution in [0.1, 0.15) is 0 Å². The molecule has 50 valence electrons. The molecule has 0 aliphatic carbocycles. The summed E-state index contributed by atoms with van der Waals surface area (Å²) >= 11 is 0. The molecule has 0 aliphatic rings. The van der Waals surface area contributed by atoms with E-state index in [9.17, 15) is 9.59 Å². The molecule has 0 unspecified atom stereocenters. The van der Waals surface area contributed by atoms with Crippen LogP contribution in [0, 0.1) is 0 Å². The van der Waals surface area contributed by atoms with Gasteiger partial charge < -0.3 is 5.32 Å². The van der Waals surface area contributed by atoms with Crippen molar-refractivity contribution in [1.82, 2.24) is 10.6 Å². The molecule has 0 atom stereocenters. The maximum atomic E-state index is 10.5. The van der Waals surface area contributed by atoms with Crippen molar-refractivity contribution in [2.45, 2.75) is 0 Å². The summed E-state index contributed by atoms with van der Waals surface area (Å²) in [5.74, 6) is -0.507. The number of nitrogens with one attached hydrogen (secondary N) is 2. The van der Waals surface area contributed by atoms with Gasteiger partial charge in [0.2, 0.25) is 6.41 Å². The Morgan fingerprint density at radius 3 is 2.56 bits per heavy atom. The molecule has 2 amide bonds. The van der Waals surface area contributed by atoms with E-state index in [1.165, 1.54) is 0 Å². The van der Waals surface area contributed by atoms with Gasteiger partial charge in [0.1, 0.15) is 0 Å². The average molecular weight is 128 g/mol. The van der Waals surface area contributed by atoms with Crippen molar-refractivity contribution in [1.29, 1.82) is 0 Å². The van der Waals surface area contributed by atoms with Crippen molar-refractivity contribution in [3.63, 3.8) is 0 Å². The molecule has 0 bridgehead atoms. The Hall–Kier alpha value is -1.32. The number of imide groups is 1. The molecular formula is C5H8N2O2. The topological polar surface area (TPSA) is 58.2 Å². The molecular weight excluding hydrogens is 120 g/mol. The lowest BCUT2D eigenvalue weighted by Crippen LogP contribution is -2.28. The zero-order valence-corrected chi connectivity index (χ0v) is 5.10. The second-order valence-electron chi connectivity index (χ2n) is 1.32. The van der Waals surface area contributed by atoms with E-state index < -0.39 is 5.91 Å². The highest BCUT2D eigenvalue weighted by molar-refractivity contribution is 5.98. The maximum Gasteiger partial charge on any atom is 0.273 e. The van der Waals surface area contributed by atoms with E-state index in [1.807, 2.05) is 5.32 Å². The summed E-state index contributed by atoms with van der Waals surface area (Å²) in [6.07, 6.45) is 0.310. The predicted octanol–water partition coefficient (Wildman–Crippen LogP) is -1.01. The van der Waals surface area contributed by atoms with E-state index >= 15 is 0 Å². The Balaban J connectivity index is 3.73. The first-order valence-corrected chi connectivity index (χ1v) is 2.33. The van der Waals surface area contributed by atoms with Crippen molar-refractivity contribution in [2.24, 2.45) is 0 Å². The molecule has 9 heavy (non-hydrogen) atoms. The van der Waals surface area contributed by atoms with Gasteiger partial charge >= 0.3 is 0 Å². The fourth-order valence-corrected chi connectivity index (χ4v) is 0.254. The van der Waals surface area contributed by atoms with Gasteiger partial charge in [-0.3, -0.25) is 14.9 Å². The van der Waals surface area contributed by atoms with Crippen LogP contribution < -0.4 is 10.6 Å². The van der Waals surface area contributed by atoms with Gasteiger partial charge in [0.25, 0.3) is 5.91 Å². The number of rotatable bonds is 3. The van der Waals surface area contributed by atoms with Gasteiger partial charge in [0.15, 0.2) is 0 Å². The summed E-state index contributed by atoms with van der Waals surface area (Å²) in [7, 11) is 1.55. The molecule has 0 fully saturated rings. The lowest BCUT2D eigenvalue weighted by atomic mass is 10.5. The second-order valence-corrected chi connectivity index (χ2v) is 1.32. The summed E-state index contributed by atoms with van der Waals surface area (Å²) in [5.41, 5.74) is 0.169. The van der Waals surface area contributed by atoms with Crippen LogP contribution in [0.4, 0.5) is 0 Å². The third-order valence-corrected chi connectivity index (χ3v) is 0.766. The highest BCUT2D eigenvalue weighted by Gasteiger charge is 2.00. The third kappa shape index (κ3) is 2.48. The van der Waals surface area contributed by atoms with Crippen molar-refractivity contribution >= 4 is 12.3 Å². The first-order valence-electron chi connectivity index (χ1n) is 2.33. The molecule has 0 saturated carbocycles. The normalized spacial score (nSPS) is 7.67. The molecule has 0 radical (unpaired) electrons. The van der Waals surface area contributed by atoms with Crippen LogP contribution in [0.3, 0.4) is 0 Å². The van der Waals surface area contributed by atoms with Crippen LogP contribution in [0.15, 0.2) is 12.3 Å². The van der Waals surface area contributed by atoms with E-state index in [1.54, 1.807) is 7.05 Å². The Morgan fingerprint density at radius 1 is 1.67 bits per heavy atom. The minimum Gasteiger partial charge on any atom is -0.384 e. The Morgan fingerprint density at radius 2 is 2.22 bits per heavy atom. The summed E-state index contributed by atoms with van der Waals surface area (Å²) in [4.78, 5) is 20.1. The van der Waals surface area contributed by atoms with Crippen LogP contribution in [-0.4, -0.2) is 19.4 Å². The average Bonchev–Trinajstić information content (AvgIpc) is 1.87. The molecule has 0 heterocycles. The molecule has 0 aliphatic heterocycles. The number of amides is 2. The van der Waals surface area contributed by atoms with Crippen LogP contribution >= 0.6 is 0 Å². The van der Waals surface area contributed by atoms with Gasteiger partial charge in [-0.25, -0.2) is 0 Å². The molecule has 0 saturated heterocycles. The molecule has 4 heteroatoms. The van der Waals surface area contributed by atoms with Gasteiger partial charge in [-0.05, 0) is 0 Å². The van der Waals surface area contributed by atoms with Crippen LogP contribution in [0.25, 0.3) is 0 Å². The van der Waals surface area contributed by atoms with E-state index in [0.717, 1.165) is 0 Å². The van der Waals surface area contributed by atoms with E-state index in [4.69, 9.17) is 0 Å². The minimum atomic E-state index is -0.507. The van der Waals surface area contributed by atoms with Gasteiger partial charge in [-0.1, -0.05) is 6.58 Å². The number of carbonyl (C=O) groups is 2. The van der Waals surface area contributed by atoms with Crippen LogP contribution in [0.5, 0.6) is 0 Å². The first-order chi connectivity index (χ1) is 4.22. The van der Waals surface area contributed by atoms with E-state index in [0.29, 0.717) is 6.41 Å². The van der Waals surface area contributed by atoms with Crippen LogP contribution in [0.2, 0.25) is 0 Å². The predicted molar refractivity (Wildman–Crippen MR) is 32.4 cm³/mol. The van der Waals surface area contributed by atoms with Gasteiger partial charge in [-0.2, -0.15) is 0 Å². The SMILES string of the molecule is C=C(NC)C(=O)NC=O. The highest BCUT2D eigenvalue weighted by Crippen LogP contribution is 1.77. The van der Waals surface area contributed by atoms with E-state index in [-0.39, 0.29) is 5.70 Å². The lowest BCUT2D eigenvalue weighted by Gasteiger charge is -1.98. The standard InChI is InChI=1S/C5H8N2O2/c1-4(6-2)5(9)7-3-8/h3,6H,1H2,2H3,(H,7,8,9). The smallest absolute Gasteiger partial charge is 0.273 e. The molecule has 0 aromatic rings. The Bertz CT molecular complexity index is 142. The van der Waals surface area contributed by atoms with Crippen molar-refractivity contribution < 1.29 is 9.59 Å². The molecule has 0 rings (SSSR count). The first kappa shape index (κ1) is 7.68. The summed E-state index contributed by atoms with van der Waals surface area (Å²) in [5, 5.41) is 4.40. The highest BCUT2D eigenvalue weighted by atomic mass is 16.2. The maximum absolute atomic E-state index is 10.5. The largest absolute Gasteiger partial charge is 0.384 e. The summed E-state index contributed by atoms with van der Waals surface area (Å²) in [6.45, 7) is 3.31. The fourth-order valence-electron chi connectivity index (χ4n) is 0.254. The lowest BCUT2D eigenvalue weighted by molar-refractivity contribution is -0.122. The number of hydrogen-bond acceptors (Lipinski definition) is 3. The third-order valence-electron chi connectivity index (χ3n) is 0.766. The summed E-state index contributed by atoms with van der Waals surface area (Å²) < 4.78 is 0. The zero-order valence-electron chi connectivity index (χ0n) is 5.10. The number of hydrogen-bond donors (Lipinski definition) is 2. The second kappa shape index (κ2) is 3.65. The molecule has 0 aromatic carbocycles. The van der Waals surface area contributed by atoms with Gasteiger partial charge in [0.05, 0.1) is 5.70 Å². The number of carbonyl (C=O) groups excluding carboxylic acids is 2. The molecule has 0 spiro atoms. The molecule has 0 aromatic heterocycles. The summed E-state index contributed by atoms with van der Waals surface area (Å²) in [6, 6.07) is 0. The fraction of sp³-hybridized carbons (Fsp3) is 0.200. The monoisotopic (exact) mass is 128 g/mol. The minimum absolute atomic E-state index is 0.169. The Kier molecular flexibility index (Phi) is 3.12. The molecule has 4 nitrogen and oxygen atoms in total. The van der Waals surface area contributed by atoms with Crippen molar-refractivity contribution in [3.8, 4) is 0 Å². The van der Waals surface area contributed by atoms with E-state index in [2.05, 4.69) is 11.9 Å². The van der Waals surface area contributed by atoms with Gasteiger partial charge in [-0.15, -0.1) is 0 Å². The molecule has 2 N–H and O–H groups in total. The van der Waals surface area contributed by atoms with Crippen LogP contribution in [-0.2, 0) is 9.59 Å².